The lowest BCUT2D eigenvalue weighted by atomic mass is 10.1. The van der Waals surface area contributed by atoms with Gasteiger partial charge < -0.3 is 20.3 Å². The van der Waals surface area contributed by atoms with Crippen molar-refractivity contribution in [1.82, 2.24) is 14.0 Å². The quantitative estimate of drug-likeness (QED) is 0.369. The van der Waals surface area contributed by atoms with Crippen molar-refractivity contribution in [2.45, 2.75) is 44.9 Å². The molecule has 1 saturated heterocycles. The number of carbonyl (C=O) groups is 2. The van der Waals surface area contributed by atoms with Crippen molar-refractivity contribution >= 4 is 34.1 Å². The Labute approximate surface area is 233 Å². The molecule has 0 spiro atoms. The zero-order valence-electron chi connectivity index (χ0n) is 22.8. The Morgan fingerprint density at radius 2 is 1.66 bits per heavy atom. The second-order valence-corrected chi connectivity index (χ2v) is 10.0. The molecule has 220 valence electrons. The van der Waals surface area contributed by atoms with Crippen LogP contribution in [0.25, 0.3) is 10.9 Å². The number of likely N-dealkylation sites (tertiary alicyclic amines) is 1. The van der Waals surface area contributed by atoms with Gasteiger partial charge in [-0.3, -0.25) is 18.7 Å². The molecule has 13 heteroatoms. The lowest BCUT2D eigenvalue weighted by Crippen LogP contribution is -2.44. The molecule has 0 bridgehead atoms. The molecular formula is C28H32F3N5O5. The van der Waals surface area contributed by atoms with Crippen molar-refractivity contribution < 1.29 is 27.5 Å². The van der Waals surface area contributed by atoms with Crippen LogP contribution in [0.3, 0.4) is 0 Å². The fourth-order valence-corrected chi connectivity index (χ4v) is 5.01. The maximum absolute atomic E-state index is 13.5. The summed E-state index contributed by atoms with van der Waals surface area (Å²) in [4.78, 5) is 53.4. The van der Waals surface area contributed by atoms with Gasteiger partial charge in [0.1, 0.15) is 0 Å². The van der Waals surface area contributed by atoms with Crippen LogP contribution in [-0.2, 0) is 11.3 Å². The lowest BCUT2D eigenvalue weighted by Gasteiger charge is -2.27. The van der Waals surface area contributed by atoms with Gasteiger partial charge in [0.15, 0.2) is 0 Å². The van der Waals surface area contributed by atoms with Gasteiger partial charge in [0.2, 0.25) is 0 Å². The van der Waals surface area contributed by atoms with Gasteiger partial charge in [0.05, 0.1) is 23.6 Å². The predicted molar refractivity (Wildman–Crippen MR) is 149 cm³/mol. The number of rotatable bonds is 9. The topological polar surface area (TPSA) is 115 Å². The number of nitrogens with zero attached hydrogens (tertiary/aromatic N) is 3. The Morgan fingerprint density at radius 1 is 0.976 bits per heavy atom. The molecule has 0 saturated carbocycles. The first-order chi connectivity index (χ1) is 19.5. The number of ketones is 1. The highest BCUT2D eigenvalue weighted by atomic mass is 19.4. The normalized spacial score (nSPS) is 15.0. The van der Waals surface area contributed by atoms with E-state index in [1.807, 2.05) is 0 Å². The van der Waals surface area contributed by atoms with Gasteiger partial charge in [-0.2, -0.15) is 13.2 Å². The van der Waals surface area contributed by atoms with Gasteiger partial charge in [0, 0.05) is 37.1 Å². The summed E-state index contributed by atoms with van der Waals surface area (Å²) in [7, 11) is 1.48. The van der Waals surface area contributed by atoms with Crippen LogP contribution in [0.5, 0.6) is 0 Å². The Hall–Kier alpha value is -3.97. The largest absolute Gasteiger partial charge is 0.454 e. The summed E-state index contributed by atoms with van der Waals surface area (Å²) in [5, 5.41) is 5.16. The average Bonchev–Trinajstić information content (AvgIpc) is 2.93. The first kappa shape index (κ1) is 30.0. The second kappa shape index (κ2) is 12.7. The molecule has 1 fully saturated rings. The molecule has 0 radical (unpaired) electrons. The van der Waals surface area contributed by atoms with Crippen LogP contribution in [-0.4, -0.2) is 65.4 Å². The number of anilines is 2. The molecule has 0 unspecified atom stereocenters. The molecule has 1 aromatic heterocycles. The van der Waals surface area contributed by atoms with Crippen LogP contribution in [0.1, 0.15) is 42.6 Å². The van der Waals surface area contributed by atoms with Crippen molar-refractivity contribution in [2.24, 2.45) is 0 Å². The van der Waals surface area contributed by atoms with Crippen LogP contribution < -0.4 is 21.9 Å². The smallest absolute Gasteiger partial charge is 0.383 e. The second-order valence-electron chi connectivity index (χ2n) is 10.0. The summed E-state index contributed by atoms with van der Waals surface area (Å²) in [6.45, 7) is 4.76. The number of benzene rings is 2. The zero-order chi connectivity index (χ0) is 29.7. The molecule has 4 rings (SSSR count). The van der Waals surface area contributed by atoms with E-state index in [1.165, 1.54) is 37.8 Å². The van der Waals surface area contributed by atoms with E-state index >= 15 is 0 Å². The summed E-state index contributed by atoms with van der Waals surface area (Å²) in [5.41, 5.74) is -0.985. The van der Waals surface area contributed by atoms with E-state index in [1.54, 1.807) is 17.6 Å². The Bertz CT molecular complexity index is 1540. The molecule has 2 amide bonds. The number of Topliss-reactive ketones (excluding diaryl/α,β-unsaturated/α-hetero) is 1. The van der Waals surface area contributed by atoms with E-state index in [4.69, 9.17) is 4.74 Å². The SMILES string of the molecule is COC[C@H](C)n1c(=O)c2cc(NC(=O)Nc3cccc(C(=O)C(F)(F)F)c3)ccc2n(CCN2CCCCC2)c1=O. The fraction of sp³-hybridized carbons (Fsp3) is 0.429. The number of hydrogen-bond donors (Lipinski definition) is 2. The first-order valence-electron chi connectivity index (χ1n) is 13.3. The Kier molecular flexibility index (Phi) is 9.28. The van der Waals surface area contributed by atoms with Gasteiger partial charge in [-0.25, -0.2) is 9.59 Å². The highest BCUT2D eigenvalue weighted by Gasteiger charge is 2.39. The number of nitrogens with one attached hydrogen (secondary N) is 2. The number of methoxy groups -OCH3 is 1. The third-order valence-corrected chi connectivity index (χ3v) is 7.01. The van der Waals surface area contributed by atoms with Gasteiger partial charge in [-0.1, -0.05) is 18.6 Å². The van der Waals surface area contributed by atoms with Crippen molar-refractivity contribution in [1.29, 1.82) is 0 Å². The summed E-state index contributed by atoms with van der Waals surface area (Å²) in [6, 6.07) is 7.71. The third kappa shape index (κ3) is 7.03. The molecule has 3 aromatic rings. The van der Waals surface area contributed by atoms with Crippen molar-refractivity contribution in [3.05, 3.63) is 68.9 Å². The van der Waals surface area contributed by atoms with Gasteiger partial charge in [-0.15, -0.1) is 0 Å². The molecule has 2 heterocycles. The minimum atomic E-state index is -5.05. The summed E-state index contributed by atoms with van der Waals surface area (Å²) in [5.74, 6) is -2.03. The van der Waals surface area contributed by atoms with Crippen molar-refractivity contribution in [3.63, 3.8) is 0 Å². The number of carbonyl (C=O) groups excluding carboxylic acids is 2. The van der Waals surface area contributed by atoms with E-state index in [2.05, 4.69) is 15.5 Å². The summed E-state index contributed by atoms with van der Waals surface area (Å²) >= 11 is 0. The van der Waals surface area contributed by atoms with Gasteiger partial charge in [-0.05, 0) is 63.2 Å². The fourth-order valence-electron chi connectivity index (χ4n) is 5.01. The number of hydrogen-bond acceptors (Lipinski definition) is 6. The van der Waals surface area contributed by atoms with Crippen LogP contribution >= 0.6 is 0 Å². The standard InChI is InChI=1S/C28H32F3N5O5/c1-18(17-41-2)36-25(38)22-16-21(9-10-23(22)35(27(36)40)14-13-34-11-4-3-5-12-34)33-26(39)32-20-8-6-7-19(15-20)24(37)28(29,30)31/h6-10,15-16,18H,3-5,11-14,17H2,1-2H3,(H2,32,33,39)/t18-/m0/s1. The lowest BCUT2D eigenvalue weighted by molar-refractivity contribution is -0.0885. The Morgan fingerprint density at radius 3 is 2.32 bits per heavy atom. The van der Waals surface area contributed by atoms with E-state index in [0.717, 1.165) is 42.6 Å². The highest BCUT2D eigenvalue weighted by molar-refractivity contribution is 6.04. The number of halogens is 3. The number of amides is 2. The monoisotopic (exact) mass is 575 g/mol. The van der Waals surface area contributed by atoms with E-state index in [0.29, 0.717) is 18.6 Å². The summed E-state index contributed by atoms with van der Waals surface area (Å²) in [6.07, 6.45) is -1.67. The van der Waals surface area contributed by atoms with Crippen molar-refractivity contribution in [3.8, 4) is 0 Å². The number of urea groups is 1. The zero-order valence-corrected chi connectivity index (χ0v) is 22.8. The van der Waals surface area contributed by atoms with E-state index in [-0.39, 0.29) is 23.4 Å². The third-order valence-electron chi connectivity index (χ3n) is 7.01. The molecule has 0 aliphatic carbocycles. The maximum Gasteiger partial charge on any atom is 0.454 e. The molecule has 1 aliphatic rings. The average molecular weight is 576 g/mol. The number of fused-ring (bicyclic) bond motifs is 1. The summed E-state index contributed by atoms with van der Waals surface area (Å²) < 4.78 is 46.3. The minimum Gasteiger partial charge on any atom is -0.383 e. The number of ether oxygens (including phenoxy) is 1. The van der Waals surface area contributed by atoms with Crippen LogP contribution in [0.15, 0.2) is 52.1 Å². The molecule has 1 atom stereocenters. The van der Waals surface area contributed by atoms with Crippen molar-refractivity contribution in [2.75, 3.05) is 44.0 Å². The maximum atomic E-state index is 13.5. The molecule has 10 nitrogen and oxygen atoms in total. The molecule has 2 aromatic carbocycles. The number of piperidine rings is 1. The molecule has 2 N–H and O–H groups in total. The predicted octanol–water partition coefficient (Wildman–Crippen LogP) is 4.25. The number of aromatic nitrogens is 2. The van der Waals surface area contributed by atoms with Crippen LogP contribution in [0.2, 0.25) is 0 Å². The number of alkyl halides is 3. The van der Waals surface area contributed by atoms with Crippen LogP contribution in [0.4, 0.5) is 29.3 Å². The minimum absolute atomic E-state index is 0.0271. The molecular weight excluding hydrogens is 543 g/mol. The Balaban J connectivity index is 1.62. The van der Waals surface area contributed by atoms with E-state index in [9.17, 15) is 32.3 Å². The highest BCUT2D eigenvalue weighted by Crippen LogP contribution is 2.23. The van der Waals surface area contributed by atoms with Gasteiger partial charge >= 0.3 is 17.9 Å². The molecule has 41 heavy (non-hydrogen) atoms. The molecule has 1 aliphatic heterocycles. The van der Waals surface area contributed by atoms with Gasteiger partial charge in [0.25, 0.3) is 11.3 Å². The van der Waals surface area contributed by atoms with E-state index < -0.39 is 40.8 Å². The van der Waals surface area contributed by atoms with Crippen LogP contribution in [0, 0.1) is 0 Å². The first-order valence-corrected chi connectivity index (χ1v) is 13.3.